The van der Waals surface area contributed by atoms with Crippen LogP contribution in [0.3, 0.4) is 0 Å². The molecule has 0 saturated carbocycles. The van der Waals surface area contributed by atoms with E-state index >= 15 is 0 Å². The van der Waals surface area contributed by atoms with Gasteiger partial charge in [0.1, 0.15) is 11.5 Å². The zero-order valence-electron chi connectivity index (χ0n) is 12.6. The highest BCUT2D eigenvalue weighted by atomic mass is 19.4. The van der Waals surface area contributed by atoms with Crippen LogP contribution < -0.4 is 9.47 Å². The molecule has 2 aromatic carbocycles. The van der Waals surface area contributed by atoms with Gasteiger partial charge in [0.15, 0.2) is 0 Å². The van der Waals surface area contributed by atoms with E-state index in [0.29, 0.717) is 6.61 Å². The van der Waals surface area contributed by atoms with Crippen molar-refractivity contribution in [3.05, 3.63) is 59.7 Å². The lowest BCUT2D eigenvalue weighted by molar-refractivity contribution is -0.274. The number of benzene rings is 2. The fraction of sp³-hybridized carbons (Fsp3) is 0.222. The summed E-state index contributed by atoms with van der Waals surface area (Å²) >= 11 is 0. The van der Waals surface area contributed by atoms with Gasteiger partial charge in [0.05, 0.1) is 6.61 Å². The quantitative estimate of drug-likeness (QED) is 0.650. The fourth-order valence-corrected chi connectivity index (χ4v) is 1.87. The highest BCUT2D eigenvalue weighted by Gasteiger charge is 2.30. The molecule has 23 heavy (non-hydrogen) atoms. The summed E-state index contributed by atoms with van der Waals surface area (Å²) in [6, 6.07) is 13.3. The lowest BCUT2D eigenvalue weighted by Gasteiger charge is -2.08. The molecular weight excluding hydrogens is 305 g/mol. The average molecular weight is 322 g/mol. The van der Waals surface area contributed by atoms with Crippen molar-refractivity contribution in [1.82, 2.24) is 0 Å². The van der Waals surface area contributed by atoms with Gasteiger partial charge in [-0.3, -0.25) is 0 Å². The standard InChI is InChI=1S/C18H17F3O2/c1-2-13-22-16-9-5-14(6-10-16)3-4-15-7-11-17(12-8-15)23-18(19,20)21/h3-12H,2,13H2,1H3/b4-3+. The predicted octanol–water partition coefficient (Wildman–Crippen LogP) is 5.54. The molecule has 0 fully saturated rings. The Bertz CT molecular complexity index is 629. The molecule has 0 heterocycles. The van der Waals surface area contributed by atoms with Crippen LogP contribution in [0.25, 0.3) is 12.2 Å². The number of hydrogen-bond donors (Lipinski definition) is 0. The predicted molar refractivity (Wildman–Crippen MR) is 84.3 cm³/mol. The number of alkyl halides is 3. The highest BCUT2D eigenvalue weighted by Crippen LogP contribution is 2.23. The van der Waals surface area contributed by atoms with Crippen LogP contribution in [-0.4, -0.2) is 13.0 Å². The molecule has 0 radical (unpaired) electrons. The van der Waals surface area contributed by atoms with Gasteiger partial charge in [-0.2, -0.15) is 0 Å². The van der Waals surface area contributed by atoms with Gasteiger partial charge in [0.25, 0.3) is 0 Å². The monoisotopic (exact) mass is 322 g/mol. The third kappa shape index (κ3) is 6.06. The molecule has 2 nitrogen and oxygen atoms in total. The maximum atomic E-state index is 12.1. The maximum absolute atomic E-state index is 12.1. The van der Waals surface area contributed by atoms with Crippen LogP contribution in [0.1, 0.15) is 24.5 Å². The van der Waals surface area contributed by atoms with E-state index in [9.17, 15) is 13.2 Å². The molecular formula is C18H17F3O2. The van der Waals surface area contributed by atoms with Crippen molar-refractivity contribution < 1.29 is 22.6 Å². The zero-order chi connectivity index (χ0) is 16.7. The van der Waals surface area contributed by atoms with Crippen LogP contribution in [0.2, 0.25) is 0 Å². The van der Waals surface area contributed by atoms with Gasteiger partial charge >= 0.3 is 6.36 Å². The fourth-order valence-electron chi connectivity index (χ4n) is 1.87. The lowest BCUT2D eigenvalue weighted by atomic mass is 10.1. The SMILES string of the molecule is CCCOc1ccc(/C=C/c2ccc(OC(F)(F)F)cc2)cc1. The Kier molecular flexibility index (Phi) is 5.68. The van der Waals surface area contributed by atoms with E-state index in [1.807, 2.05) is 43.3 Å². The highest BCUT2D eigenvalue weighted by molar-refractivity contribution is 5.70. The minimum atomic E-state index is -4.67. The zero-order valence-corrected chi connectivity index (χ0v) is 12.6. The summed E-state index contributed by atoms with van der Waals surface area (Å²) in [4.78, 5) is 0. The molecule has 0 aromatic heterocycles. The summed E-state index contributed by atoms with van der Waals surface area (Å²) in [7, 11) is 0. The molecule has 0 aliphatic rings. The molecule has 0 aliphatic heterocycles. The summed E-state index contributed by atoms with van der Waals surface area (Å²) in [6.45, 7) is 2.73. The van der Waals surface area contributed by atoms with Crippen molar-refractivity contribution in [2.75, 3.05) is 6.61 Å². The van der Waals surface area contributed by atoms with Gasteiger partial charge < -0.3 is 9.47 Å². The summed E-state index contributed by atoms with van der Waals surface area (Å²) in [6.07, 6.45) is -0.0167. The smallest absolute Gasteiger partial charge is 0.494 e. The first-order valence-corrected chi connectivity index (χ1v) is 7.23. The van der Waals surface area contributed by atoms with Crippen LogP contribution in [0.5, 0.6) is 11.5 Å². The van der Waals surface area contributed by atoms with E-state index in [0.717, 1.165) is 23.3 Å². The average Bonchev–Trinajstić information content (AvgIpc) is 2.52. The third-order valence-electron chi connectivity index (χ3n) is 2.93. The van der Waals surface area contributed by atoms with Gasteiger partial charge in [-0.05, 0) is 41.8 Å². The maximum Gasteiger partial charge on any atom is 0.573 e. The molecule has 5 heteroatoms. The first kappa shape index (κ1) is 16.9. The Hall–Kier alpha value is -2.43. The Morgan fingerprint density at radius 2 is 1.30 bits per heavy atom. The van der Waals surface area contributed by atoms with Crippen molar-refractivity contribution in [2.45, 2.75) is 19.7 Å². The van der Waals surface area contributed by atoms with Crippen LogP contribution >= 0.6 is 0 Å². The molecule has 0 N–H and O–H groups in total. The molecule has 2 aromatic rings. The second-order valence-electron chi connectivity index (χ2n) is 4.87. The number of rotatable bonds is 6. The molecule has 0 atom stereocenters. The molecule has 0 amide bonds. The van der Waals surface area contributed by atoms with Gasteiger partial charge in [-0.25, -0.2) is 0 Å². The third-order valence-corrected chi connectivity index (χ3v) is 2.93. The Labute approximate surface area is 133 Å². The van der Waals surface area contributed by atoms with Crippen LogP contribution in [0, 0.1) is 0 Å². The summed E-state index contributed by atoms with van der Waals surface area (Å²) in [5, 5.41) is 0. The summed E-state index contributed by atoms with van der Waals surface area (Å²) in [5.41, 5.74) is 1.76. The Morgan fingerprint density at radius 3 is 1.74 bits per heavy atom. The lowest BCUT2D eigenvalue weighted by Crippen LogP contribution is -2.16. The van der Waals surface area contributed by atoms with Crippen LogP contribution in [-0.2, 0) is 0 Å². The van der Waals surface area contributed by atoms with E-state index in [1.54, 1.807) is 12.1 Å². The van der Waals surface area contributed by atoms with E-state index in [-0.39, 0.29) is 5.75 Å². The largest absolute Gasteiger partial charge is 0.573 e. The molecule has 0 unspecified atom stereocenters. The van der Waals surface area contributed by atoms with Gasteiger partial charge in [-0.15, -0.1) is 13.2 Å². The Balaban J connectivity index is 1.97. The molecule has 0 bridgehead atoms. The van der Waals surface area contributed by atoms with Crippen molar-refractivity contribution in [2.24, 2.45) is 0 Å². The van der Waals surface area contributed by atoms with E-state index < -0.39 is 6.36 Å². The van der Waals surface area contributed by atoms with E-state index in [4.69, 9.17) is 4.74 Å². The number of ether oxygens (including phenoxy) is 2. The van der Waals surface area contributed by atoms with Gasteiger partial charge in [0.2, 0.25) is 0 Å². The van der Waals surface area contributed by atoms with Crippen molar-refractivity contribution in [3.63, 3.8) is 0 Å². The minimum absolute atomic E-state index is 0.230. The summed E-state index contributed by atoms with van der Waals surface area (Å²) < 4.78 is 45.5. The molecule has 0 aliphatic carbocycles. The minimum Gasteiger partial charge on any atom is -0.494 e. The molecule has 122 valence electrons. The van der Waals surface area contributed by atoms with E-state index in [1.165, 1.54) is 12.1 Å². The number of hydrogen-bond acceptors (Lipinski definition) is 2. The topological polar surface area (TPSA) is 18.5 Å². The first-order valence-electron chi connectivity index (χ1n) is 7.23. The number of halogens is 3. The van der Waals surface area contributed by atoms with Crippen LogP contribution in [0.4, 0.5) is 13.2 Å². The Morgan fingerprint density at radius 1 is 0.826 bits per heavy atom. The second-order valence-corrected chi connectivity index (χ2v) is 4.87. The van der Waals surface area contributed by atoms with E-state index in [2.05, 4.69) is 4.74 Å². The van der Waals surface area contributed by atoms with Crippen molar-refractivity contribution >= 4 is 12.2 Å². The molecule has 2 rings (SSSR count). The summed E-state index contributed by atoms with van der Waals surface area (Å²) in [5.74, 6) is 0.588. The van der Waals surface area contributed by atoms with Crippen molar-refractivity contribution in [3.8, 4) is 11.5 Å². The molecule has 0 saturated heterocycles. The normalized spacial score (nSPS) is 11.7. The first-order chi connectivity index (χ1) is 11.0. The second kappa shape index (κ2) is 7.72. The molecule has 0 spiro atoms. The van der Waals surface area contributed by atoms with Crippen molar-refractivity contribution in [1.29, 1.82) is 0 Å². The van der Waals surface area contributed by atoms with Gasteiger partial charge in [-0.1, -0.05) is 43.3 Å². The van der Waals surface area contributed by atoms with Gasteiger partial charge in [0, 0.05) is 0 Å². The van der Waals surface area contributed by atoms with Crippen LogP contribution in [0.15, 0.2) is 48.5 Å².